The maximum absolute atomic E-state index is 12.2. The highest BCUT2D eigenvalue weighted by molar-refractivity contribution is 7.13. The molecule has 5 nitrogen and oxygen atoms in total. The third kappa shape index (κ3) is 4.15. The van der Waals surface area contributed by atoms with E-state index in [1.165, 1.54) is 22.5 Å². The van der Waals surface area contributed by atoms with Gasteiger partial charge in [-0.2, -0.15) is 0 Å². The maximum atomic E-state index is 12.2. The van der Waals surface area contributed by atoms with Crippen LogP contribution in [-0.4, -0.2) is 16.8 Å². The van der Waals surface area contributed by atoms with Crippen molar-refractivity contribution in [3.8, 4) is 10.6 Å². The first-order valence-electron chi connectivity index (χ1n) is 8.14. The van der Waals surface area contributed by atoms with Gasteiger partial charge >= 0.3 is 0 Å². The molecular weight excluding hydrogens is 346 g/mol. The lowest BCUT2D eigenvalue weighted by Crippen LogP contribution is -2.15. The van der Waals surface area contributed by atoms with Crippen LogP contribution in [0.3, 0.4) is 0 Å². The Morgan fingerprint density at radius 3 is 2.50 bits per heavy atom. The Hall–Kier alpha value is -2.99. The second kappa shape index (κ2) is 7.49. The number of rotatable bonds is 5. The number of nitrogens with zero attached hydrogens (tertiary/aromatic N) is 1. The summed E-state index contributed by atoms with van der Waals surface area (Å²) in [6.07, 6.45) is 0.193. The molecule has 0 aliphatic carbocycles. The Labute approximate surface area is 155 Å². The molecule has 3 rings (SSSR count). The lowest BCUT2D eigenvalue weighted by Gasteiger charge is -2.05. The van der Waals surface area contributed by atoms with Gasteiger partial charge in [0.1, 0.15) is 5.01 Å². The molecule has 3 aromatic rings. The topological polar surface area (TPSA) is 85.1 Å². The van der Waals surface area contributed by atoms with Crippen LogP contribution in [0.15, 0.2) is 47.8 Å². The van der Waals surface area contributed by atoms with Gasteiger partial charge in [0, 0.05) is 22.2 Å². The largest absolute Gasteiger partial charge is 0.366 e. The molecule has 1 aromatic heterocycles. The van der Waals surface area contributed by atoms with Crippen molar-refractivity contribution in [2.24, 2.45) is 5.73 Å². The molecule has 132 valence electrons. The van der Waals surface area contributed by atoms with Crippen molar-refractivity contribution in [2.45, 2.75) is 20.3 Å². The van der Waals surface area contributed by atoms with Crippen LogP contribution in [0, 0.1) is 13.8 Å². The quantitative estimate of drug-likeness (QED) is 0.723. The van der Waals surface area contributed by atoms with E-state index in [4.69, 9.17) is 5.73 Å². The van der Waals surface area contributed by atoms with Gasteiger partial charge < -0.3 is 11.1 Å². The smallest absolute Gasteiger partial charge is 0.248 e. The van der Waals surface area contributed by atoms with Crippen LogP contribution in [0.4, 0.5) is 5.69 Å². The average molecular weight is 365 g/mol. The fourth-order valence-electron chi connectivity index (χ4n) is 2.65. The summed E-state index contributed by atoms with van der Waals surface area (Å²) in [4.78, 5) is 27.9. The summed E-state index contributed by atoms with van der Waals surface area (Å²) in [6, 6.07) is 12.7. The van der Waals surface area contributed by atoms with E-state index in [1.807, 2.05) is 5.38 Å². The van der Waals surface area contributed by atoms with Crippen molar-refractivity contribution >= 4 is 28.8 Å². The van der Waals surface area contributed by atoms with Gasteiger partial charge in [0.15, 0.2) is 0 Å². The van der Waals surface area contributed by atoms with Crippen LogP contribution in [0.25, 0.3) is 10.6 Å². The highest BCUT2D eigenvalue weighted by Gasteiger charge is 2.11. The fraction of sp³-hybridized carbons (Fsp3) is 0.150. The first kappa shape index (κ1) is 17.8. The summed E-state index contributed by atoms with van der Waals surface area (Å²) < 4.78 is 0. The predicted octanol–water partition coefficient (Wildman–Crippen LogP) is 3.71. The van der Waals surface area contributed by atoms with Gasteiger partial charge in [-0.05, 0) is 43.7 Å². The lowest BCUT2D eigenvalue weighted by molar-refractivity contribution is -0.115. The summed E-state index contributed by atoms with van der Waals surface area (Å²) in [7, 11) is 0. The molecule has 6 heteroatoms. The van der Waals surface area contributed by atoms with Crippen LogP contribution in [0.2, 0.25) is 0 Å². The maximum Gasteiger partial charge on any atom is 0.248 e. The van der Waals surface area contributed by atoms with Crippen molar-refractivity contribution < 1.29 is 9.59 Å². The summed E-state index contributed by atoms with van der Waals surface area (Å²) in [5.41, 5.74) is 10.4. The third-order valence-electron chi connectivity index (χ3n) is 3.96. The number of anilines is 1. The zero-order valence-corrected chi connectivity index (χ0v) is 15.4. The van der Waals surface area contributed by atoms with Gasteiger partial charge in [0.05, 0.1) is 12.1 Å². The van der Waals surface area contributed by atoms with E-state index in [-0.39, 0.29) is 12.3 Å². The van der Waals surface area contributed by atoms with Gasteiger partial charge in [-0.3, -0.25) is 9.59 Å². The zero-order valence-electron chi connectivity index (χ0n) is 14.6. The Morgan fingerprint density at radius 2 is 1.85 bits per heavy atom. The number of hydrogen-bond acceptors (Lipinski definition) is 4. The van der Waals surface area contributed by atoms with Crippen molar-refractivity contribution in [1.29, 1.82) is 0 Å². The van der Waals surface area contributed by atoms with Crippen LogP contribution in [0.5, 0.6) is 0 Å². The van der Waals surface area contributed by atoms with Crippen molar-refractivity contribution in [3.63, 3.8) is 0 Å². The number of aryl methyl sites for hydroxylation is 2. The minimum absolute atomic E-state index is 0.158. The van der Waals surface area contributed by atoms with E-state index in [0.717, 1.165) is 16.3 Å². The summed E-state index contributed by atoms with van der Waals surface area (Å²) >= 11 is 1.53. The van der Waals surface area contributed by atoms with Crippen LogP contribution in [0.1, 0.15) is 27.2 Å². The minimum atomic E-state index is -0.496. The Balaban J connectivity index is 1.66. The van der Waals surface area contributed by atoms with E-state index < -0.39 is 5.91 Å². The van der Waals surface area contributed by atoms with Gasteiger partial charge in [-0.25, -0.2) is 4.98 Å². The second-order valence-electron chi connectivity index (χ2n) is 6.13. The molecule has 3 N–H and O–H groups in total. The first-order valence-corrected chi connectivity index (χ1v) is 9.02. The van der Waals surface area contributed by atoms with Crippen LogP contribution < -0.4 is 11.1 Å². The van der Waals surface area contributed by atoms with Gasteiger partial charge in [0.25, 0.3) is 0 Å². The molecule has 0 saturated carbocycles. The van der Waals surface area contributed by atoms with Gasteiger partial charge in [-0.1, -0.05) is 23.8 Å². The van der Waals surface area contributed by atoms with E-state index in [0.29, 0.717) is 11.3 Å². The van der Waals surface area contributed by atoms with Crippen LogP contribution >= 0.6 is 11.3 Å². The zero-order chi connectivity index (χ0) is 18.7. The first-order chi connectivity index (χ1) is 12.4. The van der Waals surface area contributed by atoms with E-state index in [2.05, 4.69) is 42.3 Å². The molecule has 0 bridgehead atoms. The number of thiazole rings is 1. The SMILES string of the molecule is Cc1ccc(-c2nc(CC(=O)Nc3ccc(C(N)=O)cc3)cs2)c(C)c1. The highest BCUT2D eigenvalue weighted by atomic mass is 32.1. The molecular formula is C20H19N3O2S. The molecule has 2 amide bonds. The molecule has 0 aliphatic rings. The minimum Gasteiger partial charge on any atom is -0.366 e. The average Bonchev–Trinajstić information content (AvgIpc) is 3.03. The van der Waals surface area contributed by atoms with Crippen molar-refractivity contribution in [1.82, 2.24) is 4.98 Å². The normalized spacial score (nSPS) is 10.5. The number of nitrogens with one attached hydrogen (secondary N) is 1. The van der Waals surface area contributed by atoms with Crippen LogP contribution in [-0.2, 0) is 11.2 Å². The molecule has 0 radical (unpaired) electrons. The summed E-state index contributed by atoms with van der Waals surface area (Å²) in [5.74, 6) is -0.654. The Kier molecular flexibility index (Phi) is 5.14. The highest BCUT2D eigenvalue weighted by Crippen LogP contribution is 2.27. The number of benzene rings is 2. The van der Waals surface area contributed by atoms with Crippen molar-refractivity contribution in [3.05, 3.63) is 70.2 Å². The summed E-state index contributed by atoms with van der Waals surface area (Å²) in [6.45, 7) is 4.12. The predicted molar refractivity (Wildman–Crippen MR) is 104 cm³/mol. The molecule has 0 spiro atoms. The number of primary amides is 1. The molecule has 0 fully saturated rings. The summed E-state index contributed by atoms with van der Waals surface area (Å²) in [5, 5.41) is 5.62. The van der Waals surface area contributed by atoms with E-state index in [1.54, 1.807) is 24.3 Å². The number of amides is 2. The van der Waals surface area contributed by atoms with E-state index >= 15 is 0 Å². The number of aromatic nitrogens is 1. The van der Waals surface area contributed by atoms with Gasteiger partial charge in [0.2, 0.25) is 11.8 Å². The number of carbonyl (C=O) groups is 2. The number of carbonyl (C=O) groups excluding carboxylic acids is 2. The fourth-order valence-corrected chi connectivity index (χ4v) is 3.56. The Bertz CT molecular complexity index is 961. The molecule has 0 aliphatic heterocycles. The van der Waals surface area contributed by atoms with Gasteiger partial charge in [-0.15, -0.1) is 11.3 Å². The molecule has 0 atom stereocenters. The molecule has 0 saturated heterocycles. The number of nitrogens with two attached hydrogens (primary N) is 1. The molecule has 26 heavy (non-hydrogen) atoms. The van der Waals surface area contributed by atoms with E-state index in [9.17, 15) is 9.59 Å². The number of hydrogen-bond donors (Lipinski definition) is 2. The Morgan fingerprint density at radius 1 is 1.12 bits per heavy atom. The molecule has 0 unspecified atom stereocenters. The monoisotopic (exact) mass is 365 g/mol. The third-order valence-corrected chi connectivity index (χ3v) is 4.88. The van der Waals surface area contributed by atoms with Crippen molar-refractivity contribution in [2.75, 3.05) is 5.32 Å². The molecule has 1 heterocycles. The lowest BCUT2D eigenvalue weighted by atomic mass is 10.1. The molecule has 2 aromatic carbocycles. The standard InChI is InChI=1S/C20H19N3O2S/c1-12-3-8-17(13(2)9-12)20-23-16(11-26-20)10-18(24)22-15-6-4-14(5-7-15)19(21)25/h3-9,11H,10H2,1-2H3,(H2,21,25)(H,22,24). The second-order valence-corrected chi connectivity index (χ2v) is 6.99.